The topological polar surface area (TPSA) is 45.5 Å². The van der Waals surface area contributed by atoms with E-state index < -0.39 is 0 Å². The van der Waals surface area contributed by atoms with Gasteiger partial charge in [0, 0.05) is 32.4 Å². The molecule has 1 atom stereocenters. The lowest BCUT2D eigenvalue weighted by atomic mass is 10.1. The molecule has 1 aromatic heterocycles. The third kappa shape index (κ3) is 3.13. The molecule has 1 aliphatic rings. The Bertz CT molecular complexity index is 769. The van der Waals surface area contributed by atoms with Crippen LogP contribution in [0.25, 0.3) is 0 Å². The van der Waals surface area contributed by atoms with Gasteiger partial charge >= 0.3 is 0 Å². The minimum absolute atomic E-state index is 0.0600. The Labute approximate surface area is 135 Å². The molecule has 2 aromatic rings. The molecule has 23 heavy (non-hydrogen) atoms. The Balaban J connectivity index is 1.94. The minimum Gasteiger partial charge on any atom is -0.373 e. The van der Waals surface area contributed by atoms with Crippen molar-refractivity contribution in [2.45, 2.75) is 13.5 Å². The first kappa shape index (κ1) is 15.3. The van der Waals surface area contributed by atoms with Crippen molar-refractivity contribution in [3.8, 4) is 0 Å². The predicted molar refractivity (Wildman–Crippen MR) is 91.9 cm³/mol. The first-order valence-corrected chi connectivity index (χ1v) is 7.82. The number of anilines is 2. The first-order chi connectivity index (χ1) is 11.1. The van der Waals surface area contributed by atoms with Crippen molar-refractivity contribution >= 4 is 17.3 Å². The molecule has 0 aliphatic carbocycles. The van der Waals surface area contributed by atoms with E-state index in [-0.39, 0.29) is 18.0 Å². The molecule has 0 bridgehead atoms. The van der Waals surface area contributed by atoms with E-state index >= 15 is 0 Å². The molecule has 3 rings (SSSR count). The van der Waals surface area contributed by atoms with Gasteiger partial charge in [-0.3, -0.25) is 9.59 Å². The fourth-order valence-electron chi connectivity index (χ4n) is 3.11. The van der Waals surface area contributed by atoms with Gasteiger partial charge in [0.1, 0.15) is 6.54 Å². The maximum Gasteiger partial charge on any atom is 0.250 e. The molecule has 0 saturated heterocycles. The molecule has 0 radical (unpaired) electrons. The maximum atomic E-state index is 12.8. The Morgan fingerprint density at radius 3 is 2.52 bits per heavy atom. The number of nitrogens with zero attached hydrogens (tertiary/aromatic N) is 3. The fourth-order valence-corrected chi connectivity index (χ4v) is 3.11. The zero-order chi connectivity index (χ0) is 16.4. The molecule has 5 heteroatoms. The van der Waals surface area contributed by atoms with Crippen LogP contribution in [0.1, 0.15) is 6.92 Å². The number of aromatic nitrogens is 1. The standard InChI is InChI=1S/C18H21N3O2/c1-14-11-19(2)15-7-3-4-8-16(15)21(12-14)18(23)13-20-10-6-5-9-17(20)22/h3-10,14H,11-13H2,1-2H3/t14-/m0/s1. The normalized spacial score (nSPS) is 17.6. The number of para-hydroxylation sites is 2. The number of hydrogen-bond donors (Lipinski definition) is 0. The SMILES string of the molecule is C[C@H]1CN(C)c2ccccc2N(C(=O)Cn2ccccc2=O)C1. The van der Waals surface area contributed by atoms with Crippen LogP contribution in [-0.2, 0) is 11.3 Å². The van der Waals surface area contributed by atoms with E-state index in [1.54, 1.807) is 18.3 Å². The number of carbonyl (C=O) groups is 1. The van der Waals surface area contributed by atoms with Crippen molar-refractivity contribution in [1.82, 2.24) is 4.57 Å². The highest BCUT2D eigenvalue weighted by Crippen LogP contribution is 2.32. The average Bonchev–Trinajstić information content (AvgIpc) is 2.66. The summed E-state index contributed by atoms with van der Waals surface area (Å²) < 4.78 is 1.45. The summed E-state index contributed by atoms with van der Waals surface area (Å²) in [6.45, 7) is 3.75. The Morgan fingerprint density at radius 1 is 1.09 bits per heavy atom. The van der Waals surface area contributed by atoms with Crippen LogP contribution in [0.3, 0.4) is 0 Å². The average molecular weight is 311 g/mol. The third-order valence-corrected chi connectivity index (χ3v) is 4.17. The van der Waals surface area contributed by atoms with Crippen molar-refractivity contribution in [1.29, 1.82) is 0 Å². The second-order valence-corrected chi connectivity index (χ2v) is 6.15. The van der Waals surface area contributed by atoms with Gasteiger partial charge in [-0.1, -0.05) is 25.1 Å². The monoisotopic (exact) mass is 311 g/mol. The number of pyridine rings is 1. The summed E-state index contributed by atoms with van der Waals surface area (Å²) >= 11 is 0. The number of rotatable bonds is 2. The lowest BCUT2D eigenvalue weighted by molar-refractivity contribution is -0.119. The molecular weight excluding hydrogens is 290 g/mol. The highest BCUT2D eigenvalue weighted by atomic mass is 16.2. The van der Waals surface area contributed by atoms with Crippen LogP contribution in [-0.4, -0.2) is 30.6 Å². The van der Waals surface area contributed by atoms with Crippen LogP contribution in [0.4, 0.5) is 11.4 Å². The molecule has 1 aliphatic heterocycles. The van der Waals surface area contributed by atoms with Gasteiger partial charge in [0.25, 0.3) is 5.56 Å². The second-order valence-electron chi connectivity index (χ2n) is 6.15. The Hall–Kier alpha value is -2.56. The van der Waals surface area contributed by atoms with E-state index in [9.17, 15) is 9.59 Å². The summed E-state index contributed by atoms with van der Waals surface area (Å²) in [5.41, 5.74) is 1.80. The number of hydrogen-bond acceptors (Lipinski definition) is 3. The molecule has 120 valence electrons. The lowest BCUT2D eigenvalue weighted by Crippen LogP contribution is -2.38. The molecule has 0 saturated carbocycles. The molecule has 0 fully saturated rings. The van der Waals surface area contributed by atoms with Crippen molar-refractivity contribution in [3.05, 3.63) is 59.0 Å². The van der Waals surface area contributed by atoms with Gasteiger partial charge in [0.05, 0.1) is 11.4 Å². The van der Waals surface area contributed by atoms with Gasteiger partial charge in [-0.25, -0.2) is 0 Å². The summed E-state index contributed by atoms with van der Waals surface area (Å²) in [6.07, 6.45) is 1.65. The number of carbonyl (C=O) groups excluding carboxylic acids is 1. The summed E-state index contributed by atoms with van der Waals surface area (Å²) in [6, 6.07) is 12.8. The van der Waals surface area contributed by atoms with Crippen molar-refractivity contribution in [3.63, 3.8) is 0 Å². The molecule has 2 heterocycles. The molecule has 0 N–H and O–H groups in total. The van der Waals surface area contributed by atoms with Crippen molar-refractivity contribution in [2.24, 2.45) is 5.92 Å². The van der Waals surface area contributed by atoms with Gasteiger partial charge in [0.2, 0.25) is 5.91 Å². The smallest absolute Gasteiger partial charge is 0.250 e. The summed E-state index contributed by atoms with van der Waals surface area (Å²) in [5.74, 6) is 0.289. The molecule has 0 spiro atoms. The minimum atomic E-state index is -0.158. The summed E-state index contributed by atoms with van der Waals surface area (Å²) in [5, 5.41) is 0. The molecule has 1 aromatic carbocycles. The van der Waals surface area contributed by atoms with E-state index in [4.69, 9.17) is 0 Å². The molecular formula is C18H21N3O2. The summed E-state index contributed by atoms with van der Waals surface area (Å²) in [4.78, 5) is 28.7. The van der Waals surface area contributed by atoms with Crippen LogP contribution < -0.4 is 15.4 Å². The van der Waals surface area contributed by atoms with E-state index in [0.29, 0.717) is 12.5 Å². The third-order valence-electron chi connectivity index (χ3n) is 4.17. The first-order valence-electron chi connectivity index (χ1n) is 7.82. The second kappa shape index (κ2) is 6.28. The Kier molecular flexibility index (Phi) is 4.19. The van der Waals surface area contributed by atoms with E-state index in [1.165, 1.54) is 10.6 Å². The molecule has 1 amide bonds. The lowest BCUT2D eigenvalue weighted by Gasteiger charge is -2.24. The van der Waals surface area contributed by atoms with Gasteiger partial charge in [0.15, 0.2) is 0 Å². The van der Waals surface area contributed by atoms with Gasteiger partial charge < -0.3 is 14.4 Å². The van der Waals surface area contributed by atoms with Gasteiger partial charge in [-0.15, -0.1) is 0 Å². The zero-order valence-corrected chi connectivity index (χ0v) is 13.5. The molecule has 5 nitrogen and oxygen atoms in total. The zero-order valence-electron chi connectivity index (χ0n) is 13.5. The predicted octanol–water partition coefficient (Wildman–Crippen LogP) is 1.97. The quantitative estimate of drug-likeness (QED) is 0.852. The van der Waals surface area contributed by atoms with E-state index in [1.807, 2.05) is 36.2 Å². The van der Waals surface area contributed by atoms with Crippen molar-refractivity contribution in [2.75, 3.05) is 29.9 Å². The van der Waals surface area contributed by atoms with Crippen LogP contribution in [0, 0.1) is 5.92 Å². The summed E-state index contributed by atoms with van der Waals surface area (Å²) in [7, 11) is 2.05. The van der Waals surface area contributed by atoms with Crippen LogP contribution in [0.5, 0.6) is 0 Å². The van der Waals surface area contributed by atoms with Crippen LogP contribution >= 0.6 is 0 Å². The number of amides is 1. The largest absolute Gasteiger partial charge is 0.373 e. The highest BCUT2D eigenvalue weighted by molar-refractivity contribution is 5.97. The van der Waals surface area contributed by atoms with Crippen LogP contribution in [0.2, 0.25) is 0 Å². The van der Waals surface area contributed by atoms with E-state index in [0.717, 1.165) is 17.9 Å². The highest BCUT2D eigenvalue weighted by Gasteiger charge is 2.26. The van der Waals surface area contributed by atoms with Gasteiger partial charge in [-0.05, 0) is 24.1 Å². The van der Waals surface area contributed by atoms with Crippen LogP contribution in [0.15, 0.2) is 53.5 Å². The number of benzene rings is 1. The Morgan fingerprint density at radius 2 is 1.78 bits per heavy atom. The fraction of sp³-hybridized carbons (Fsp3) is 0.333. The molecule has 0 unspecified atom stereocenters. The van der Waals surface area contributed by atoms with Gasteiger partial charge in [-0.2, -0.15) is 0 Å². The number of fused-ring (bicyclic) bond motifs is 1. The van der Waals surface area contributed by atoms with E-state index in [2.05, 4.69) is 11.8 Å². The maximum absolute atomic E-state index is 12.8. The van der Waals surface area contributed by atoms with Crippen molar-refractivity contribution < 1.29 is 4.79 Å².